The summed E-state index contributed by atoms with van der Waals surface area (Å²) in [5.74, 6) is 1.57. The predicted molar refractivity (Wildman–Crippen MR) is 67.4 cm³/mol. The van der Waals surface area contributed by atoms with Crippen molar-refractivity contribution in [2.75, 3.05) is 11.9 Å². The first-order valence-electron chi connectivity index (χ1n) is 5.26. The lowest BCUT2D eigenvalue weighted by Crippen LogP contribution is -2.28. The van der Waals surface area contributed by atoms with E-state index in [2.05, 4.69) is 26.2 Å². The maximum Gasteiger partial charge on any atom is 0.140 e. The van der Waals surface area contributed by atoms with Crippen molar-refractivity contribution < 1.29 is 0 Å². The number of halogens is 2. The lowest BCUT2D eigenvalue weighted by molar-refractivity contribution is 0.308. The molecule has 1 saturated carbocycles. The Morgan fingerprint density at radius 3 is 3.00 bits per heavy atom. The van der Waals surface area contributed by atoms with Crippen LogP contribution in [-0.2, 0) is 0 Å². The second-order valence-electron chi connectivity index (χ2n) is 3.92. The smallest absolute Gasteiger partial charge is 0.140 e. The normalized spacial score (nSPS) is 18.3. The fraction of sp³-hybridized carbons (Fsp3) is 0.545. The van der Waals surface area contributed by atoms with Gasteiger partial charge in [0.1, 0.15) is 5.82 Å². The standard InChI is InChI=1S/C11H14BrClN2/c12-9-5-2-6-14-11(9)15-7-10(13)8-3-1-4-8/h2,5-6,8,10H,1,3-4,7H2,(H,14,15). The van der Waals surface area contributed by atoms with Gasteiger partial charge in [0, 0.05) is 12.7 Å². The quantitative estimate of drug-likeness (QED) is 0.856. The zero-order valence-corrected chi connectivity index (χ0v) is 10.8. The molecule has 1 aliphatic rings. The fourth-order valence-corrected chi connectivity index (χ4v) is 2.40. The molecule has 0 saturated heterocycles. The highest BCUT2D eigenvalue weighted by Crippen LogP contribution is 2.32. The second kappa shape index (κ2) is 5.17. The van der Waals surface area contributed by atoms with Gasteiger partial charge < -0.3 is 5.32 Å². The Kier molecular flexibility index (Phi) is 3.87. The summed E-state index contributed by atoms with van der Waals surface area (Å²) in [6.07, 6.45) is 5.67. The molecule has 2 nitrogen and oxygen atoms in total. The van der Waals surface area contributed by atoms with Crippen LogP contribution in [0.4, 0.5) is 5.82 Å². The van der Waals surface area contributed by atoms with Crippen molar-refractivity contribution in [1.82, 2.24) is 4.98 Å². The van der Waals surface area contributed by atoms with E-state index in [9.17, 15) is 0 Å². The first-order valence-corrected chi connectivity index (χ1v) is 6.49. The molecule has 1 heterocycles. The van der Waals surface area contributed by atoms with Gasteiger partial charge in [-0.25, -0.2) is 4.98 Å². The van der Waals surface area contributed by atoms with Gasteiger partial charge in [-0.1, -0.05) is 6.42 Å². The van der Waals surface area contributed by atoms with Crippen LogP contribution in [0.15, 0.2) is 22.8 Å². The molecular formula is C11H14BrClN2. The van der Waals surface area contributed by atoms with Crippen LogP contribution in [0.1, 0.15) is 19.3 Å². The third kappa shape index (κ3) is 2.85. The Bertz CT molecular complexity index is 328. The Morgan fingerprint density at radius 1 is 1.60 bits per heavy atom. The molecule has 1 aromatic heterocycles. The highest BCUT2D eigenvalue weighted by molar-refractivity contribution is 9.10. The lowest BCUT2D eigenvalue weighted by atomic mass is 9.83. The second-order valence-corrected chi connectivity index (χ2v) is 5.34. The van der Waals surface area contributed by atoms with Gasteiger partial charge in [0.2, 0.25) is 0 Å². The number of rotatable bonds is 4. The van der Waals surface area contributed by atoms with Crippen LogP contribution < -0.4 is 5.32 Å². The largest absolute Gasteiger partial charge is 0.368 e. The molecule has 1 unspecified atom stereocenters. The third-order valence-electron chi connectivity index (χ3n) is 2.88. The molecule has 15 heavy (non-hydrogen) atoms. The first-order chi connectivity index (χ1) is 7.27. The van der Waals surface area contributed by atoms with E-state index in [-0.39, 0.29) is 5.38 Å². The zero-order chi connectivity index (χ0) is 10.7. The van der Waals surface area contributed by atoms with Gasteiger partial charge in [0.25, 0.3) is 0 Å². The van der Waals surface area contributed by atoms with Crippen LogP contribution in [0, 0.1) is 5.92 Å². The van der Waals surface area contributed by atoms with Crippen molar-refractivity contribution in [2.45, 2.75) is 24.6 Å². The van der Waals surface area contributed by atoms with E-state index in [1.165, 1.54) is 19.3 Å². The summed E-state index contributed by atoms with van der Waals surface area (Å²) in [6, 6.07) is 3.88. The van der Waals surface area contributed by atoms with E-state index in [1.54, 1.807) is 6.20 Å². The van der Waals surface area contributed by atoms with Gasteiger partial charge in [0.05, 0.1) is 9.85 Å². The molecule has 1 N–H and O–H groups in total. The predicted octanol–water partition coefficient (Wildman–Crippen LogP) is 3.66. The molecule has 2 rings (SSSR count). The van der Waals surface area contributed by atoms with Crippen LogP contribution in [0.5, 0.6) is 0 Å². The fourth-order valence-electron chi connectivity index (χ4n) is 1.68. The van der Waals surface area contributed by atoms with Gasteiger partial charge in [-0.05, 0) is 46.8 Å². The minimum absolute atomic E-state index is 0.229. The number of hydrogen-bond acceptors (Lipinski definition) is 2. The summed E-state index contributed by atoms with van der Waals surface area (Å²) in [4.78, 5) is 4.24. The van der Waals surface area contributed by atoms with Crippen molar-refractivity contribution in [1.29, 1.82) is 0 Å². The number of alkyl halides is 1. The SMILES string of the molecule is ClC(CNc1ncccc1Br)C1CCC1. The van der Waals surface area contributed by atoms with Gasteiger partial charge in [-0.3, -0.25) is 0 Å². The van der Waals surface area contributed by atoms with Crippen molar-refractivity contribution >= 4 is 33.3 Å². The Balaban J connectivity index is 1.84. The molecule has 0 bridgehead atoms. The summed E-state index contributed by atoms with van der Waals surface area (Å²) in [7, 11) is 0. The number of anilines is 1. The van der Waals surface area contributed by atoms with E-state index in [4.69, 9.17) is 11.6 Å². The average molecular weight is 290 g/mol. The summed E-state index contributed by atoms with van der Waals surface area (Å²) in [5.41, 5.74) is 0. The number of pyridine rings is 1. The third-order valence-corrected chi connectivity index (χ3v) is 4.03. The van der Waals surface area contributed by atoms with E-state index in [0.29, 0.717) is 5.92 Å². The molecule has 1 aromatic rings. The maximum absolute atomic E-state index is 6.28. The minimum atomic E-state index is 0.229. The molecule has 0 radical (unpaired) electrons. The van der Waals surface area contributed by atoms with Crippen LogP contribution >= 0.6 is 27.5 Å². The number of nitrogens with zero attached hydrogens (tertiary/aromatic N) is 1. The summed E-state index contributed by atoms with van der Waals surface area (Å²) in [6.45, 7) is 0.793. The molecule has 1 aliphatic carbocycles. The average Bonchev–Trinajstić information content (AvgIpc) is 2.14. The highest BCUT2D eigenvalue weighted by atomic mass is 79.9. The first kappa shape index (κ1) is 11.2. The molecule has 0 spiro atoms. The van der Waals surface area contributed by atoms with Gasteiger partial charge in [-0.2, -0.15) is 0 Å². The van der Waals surface area contributed by atoms with E-state index in [1.807, 2.05) is 12.1 Å². The topological polar surface area (TPSA) is 24.9 Å². The monoisotopic (exact) mass is 288 g/mol. The van der Waals surface area contributed by atoms with Gasteiger partial charge >= 0.3 is 0 Å². The molecule has 82 valence electrons. The van der Waals surface area contributed by atoms with Gasteiger partial charge in [0.15, 0.2) is 0 Å². The number of aromatic nitrogens is 1. The molecule has 0 aliphatic heterocycles. The molecule has 4 heteroatoms. The van der Waals surface area contributed by atoms with Crippen molar-refractivity contribution in [3.63, 3.8) is 0 Å². The molecule has 0 aromatic carbocycles. The summed E-state index contributed by atoms with van der Waals surface area (Å²) < 4.78 is 0.988. The minimum Gasteiger partial charge on any atom is -0.368 e. The molecule has 1 atom stereocenters. The van der Waals surface area contributed by atoms with E-state index >= 15 is 0 Å². The summed E-state index contributed by atoms with van der Waals surface area (Å²) >= 11 is 9.73. The number of hydrogen-bond donors (Lipinski definition) is 1. The lowest BCUT2D eigenvalue weighted by Gasteiger charge is -2.30. The van der Waals surface area contributed by atoms with Crippen LogP contribution in [0.2, 0.25) is 0 Å². The van der Waals surface area contributed by atoms with Crippen molar-refractivity contribution in [3.8, 4) is 0 Å². The molecular weight excluding hydrogens is 275 g/mol. The maximum atomic E-state index is 6.28. The Labute approximate surface area is 104 Å². The van der Waals surface area contributed by atoms with Crippen LogP contribution in [0.3, 0.4) is 0 Å². The van der Waals surface area contributed by atoms with E-state index < -0.39 is 0 Å². The summed E-state index contributed by atoms with van der Waals surface area (Å²) in [5, 5.41) is 3.50. The highest BCUT2D eigenvalue weighted by Gasteiger charge is 2.25. The molecule has 0 amide bonds. The Morgan fingerprint density at radius 2 is 2.40 bits per heavy atom. The molecule has 1 fully saturated rings. The van der Waals surface area contributed by atoms with Gasteiger partial charge in [-0.15, -0.1) is 11.6 Å². The van der Waals surface area contributed by atoms with E-state index in [0.717, 1.165) is 16.8 Å². The van der Waals surface area contributed by atoms with Crippen LogP contribution in [-0.4, -0.2) is 16.9 Å². The zero-order valence-electron chi connectivity index (χ0n) is 8.42. The van der Waals surface area contributed by atoms with Crippen molar-refractivity contribution in [3.05, 3.63) is 22.8 Å². The van der Waals surface area contributed by atoms with Crippen LogP contribution in [0.25, 0.3) is 0 Å². The van der Waals surface area contributed by atoms with Crippen molar-refractivity contribution in [2.24, 2.45) is 5.92 Å². The Hall–Kier alpha value is -0.280. The number of nitrogens with one attached hydrogen (secondary N) is 1.